The van der Waals surface area contributed by atoms with Gasteiger partial charge in [-0.3, -0.25) is 9.78 Å². The Kier molecular flexibility index (Phi) is 7.47. The number of carbonyl (C=O) groups excluding carboxylic acids is 2. The first-order valence-corrected chi connectivity index (χ1v) is 10.4. The topological polar surface area (TPSA) is 83.1 Å². The number of benzene rings is 1. The lowest BCUT2D eigenvalue weighted by Gasteiger charge is -2.29. The van der Waals surface area contributed by atoms with Crippen molar-refractivity contribution in [2.45, 2.75) is 45.2 Å². The summed E-state index contributed by atoms with van der Waals surface area (Å²) in [7, 11) is 0. The predicted octanol–water partition coefficient (Wildman–Crippen LogP) is 3.83. The van der Waals surface area contributed by atoms with Crippen LogP contribution in [-0.2, 0) is 6.54 Å². The highest BCUT2D eigenvalue weighted by Crippen LogP contribution is 2.23. The molecule has 1 fully saturated rings. The molecule has 1 aliphatic carbocycles. The third-order valence-electron chi connectivity index (χ3n) is 5.27. The highest BCUT2D eigenvalue weighted by molar-refractivity contribution is 6.30. The number of hydrogen-bond donors (Lipinski definition) is 3. The van der Waals surface area contributed by atoms with Crippen LogP contribution in [-0.4, -0.2) is 29.5 Å². The average Bonchev–Trinajstić information content (AvgIpc) is 2.73. The van der Waals surface area contributed by atoms with E-state index < -0.39 is 0 Å². The van der Waals surface area contributed by atoms with Crippen molar-refractivity contribution in [3.05, 3.63) is 64.4 Å². The molecule has 3 amide bonds. The van der Waals surface area contributed by atoms with Crippen molar-refractivity contribution in [1.82, 2.24) is 20.9 Å². The van der Waals surface area contributed by atoms with Crippen LogP contribution >= 0.6 is 11.6 Å². The van der Waals surface area contributed by atoms with Crippen molar-refractivity contribution < 1.29 is 9.59 Å². The molecule has 3 N–H and O–H groups in total. The fourth-order valence-corrected chi connectivity index (χ4v) is 3.60. The second kappa shape index (κ2) is 10.3. The Hall–Kier alpha value is -2.60. The van der Waals surface area contributed by atoms with Gasteiger partial charge in [0, 0.05) is 36.0 Å². The van der Waals surface area contributed by atoms with Gasteiger partial charge in [-0.05, 0) is 68.4 Å². The lowest BCUT2D eigenvalue weighted by molar-refractivity contribution is 0.0942. The van der Waals surface area contributed by atoms with E-state index in [1.54, 1.807) is 12.3 Å². The maximum absolute atomic E-state index is 12.2. The van der Waals surface area contributed by atoms with Gasteiger partial charge in [-0.25, -0.2) is 4.79 Å². The highest BCUT2D eigenvalue weighted by Gasteiger charge is 2.23. The second-order valence-corrected chi connectivity index (χ2v) is 8.01. The zero-order chi connectivity index (χ0) is 20.6. The number of aryl methyl sites for hydroxylation is 1. The lowest BCUT2D eigenvalue weighted by Crippen LogP contribution is -2.44. The Bertz CT molecular complexity index is 816. The fourth-order valence-electron chi connectivity index (χ4n) is 3.47. The van der Waals surface area contributed by atoms with Gasteiger partial charge in [-0.1, -0.05) is 23.7 Å². The molecule has 7 heteroatoms. The summed E-state index contributed by atoms with van der Waals surface area (Å²) in [5.41, 5.74) is 2.49. The van der Waals surface area contributed by atoms with Gasteiger partial charge in [0.25, 0.3) is 5.91 Å². The van der Waals surface area contributed by atoms with Crippen LogP contribution in [0.25, 0.3) is 0 Å². The Morgan fingerprint density at radius 1 is 1.03 bits per heavy atom. The molecule has 0 bridgehead atoms. The molecule has 0 atom stereocenters. The molecule has 2 aromatic rings. The molecule has 0 unspecified atom stereocenters. The number of amides is 3. The molecule has 1 aromatic carbocycles. The number of carbonyl (C=O) groups is 2. The Labute approximate surface area is 176 Å². The first kappa shape index (κ1) is 21.1. The fraction of sp³-hybridized carbons (Fsp3) is 0.409. The van der Waals surface area contributed by atoms with Crippen LogP contribution in [0.2, 0.25) is 5.02 Å². The van der Waals surface area contributed by atoms with E-state index >= 15 is 0 Å². The van der Waals surface area contributed by atoms with Crippen molar-refractivity contribution in [2.75, 3.05) is 6.54 Å². The van der Waals surface area contributed by atoms with E-state index in [-0.39, 0.29) is 18.0 Å². The van der Waals surface area contributed by atoms with E-state index in [1.807, 2.05) is 37.3 Å². The standard InChI is InChI=1S/C22H27ClN4O2/c1-15-2-7-18(14-24-15)21(28)25-12-17-5-10-20(11-6-17)27-22(29)26-13-16-3-8-19(23)9-4-16/h2-4,7-9,14,17,20H,5-6,10-13H2,1H3,(H,25,28)(H2,26,27,29)/t17-,20-. The molecule has 29 heavy (non-hydrogen) atoms. The summed E-state index contributed by atoms with van der Waals surface area (Å²) in [4.78, 5) is 28.5. The van der Waals surface area contributed by atoms with Crippen LogP contribution in [0.15, 0.2) is 42.6 Å². The molecular formula is C22H27ClN4O2. The predicted molar refractivity (Wildman–Crippen MR) is 114 cm³/mol. The van der Waals surface area contributed by atoms with E-state index in [2.05, 4.69) is 20.9 Å². The lowest BCUT2D eigenvalue weighted by atomic mass is 9.86. The number of halogens is 1. The van der Waals surface area contributed by atoms with E-state index in [0.717, 1.165) is 36.9 Å². The molecule has 0 radical (unpaired) electrons. The van der Waals surface area contributed by atoms with Crippen molar-refractivity contribution in [1.29, 1.82) is 0 Å². The Balaban J connectivity index is 1.33. The van der Waals surface area contributed by atoms with Gasteiger partial charge < -0.3 is 16.0 Å². The molecule has 3 rings (SSSR count). The number of urea groups is 1. The molecule has 1 saturated carbocycles. The molecule has 0 saturated heterocycles. The molecule has 0 aliphatic heterocycles. The minimum atomic E-state index is -0.149. The van der Waals surface area contributed by atoms with Crippen LogP contribution < -0.4 is 16.0 Å². The maximum Gasteiger partial charge on any atom is 0.315 e. The SMILES string of the molecule is Cc1ccc(C(=O)NC[C@H]2CC[C@H](NC(=O)NCc3ccc(Cl)cc3)CC2)cn1. The molecule has 1 aromatic heterocycles. The smallest absolute Gasteiger partial charge is 0.315 e. The van der Waals surface area contributed by atoms with Crippen molar-refractivity contribution in [3.8, 4) is 0 Å². The summed E-state index contributed by atoms with van der Waals surface area (Å²) in [6, 6.07) is 11.1. The van der Waals surface area contributed by atoms with Crippen LogP contribution in [0.3, 0.4) is 0 Å². The first-order valence-electron chi connectivity index (χ1n) is 9.99. The average molecular weight is 415 g/mol. The molecule has 6 nitrogen and oxygen atoms in total. The number of rotatable bonds is 6. The van der Waals surface area contributed by atoms with Gasteiger partial charge in [0.15, 0.2) is 0 Å². The third kappa shape index (κ3) is 6.75. The minimum absolute atomic E-state index is 0.0840. The third-order valence-corrected chi connectivity index (χ3v) is 5.53. The number of aromatic nitrogens is 1. The number of hydrogen-bond acceptors (Lipinski definition) is 3. The number of pyridine rings is 1. The van der Waals surface area contributed by atoms with Gasteiger partial charge in [0.05, 0.1) is 5.56 Å². The Morgan fingerprint density at radius 2 is 1.76 bits per heavy atom. The van der Waals surface area contributed by atoms with Crippen molar-refractivity contribution >= 4 is 23.5 Å². The second-order valence-electron chi connectivity index (χ2n) is 7.57. The van der Waals surface area contributed by atoms with Crippen molar-refractivity contribution in [2.24, 2.45) is 5.92 Å². The van der Waals surface area contributed by atoms with Gasteiger partial charge in [-0.2, -0.15) is 0 Å². The van der Waals surface area contributed by atoms with Crippen LogP contribution in [0.4, 0.5) is 4.79 Å². The van der Waals surface area contributed by atoms with Gasteiger partial charge in [0.1, 0.15) is 0 Å². The summed E-state index contributed by atoms with van der Waals surface area (Å²) in [6.45, 7) is 3.02. The van der Waals surface area contributed by atoms with Crippen LogP contribution in [0.5, 0.6) is 0 Å². The van der Waals surface area contributed by atoms with E-state index in [0.29, 0.717) is 29.6 Å². The van der Waals surface area contributed by atoms with E-state index in [4.69, 9.17) is 11.6 Å². The molecular weight excluding hydrogens is 388 g/mol. The van der Waals surface area contributed by atoms with Crippen LogP contribution in [0.1, 0.15) is 47.3 Å². The maximum atomic E-state index is 12.2. The Morgan fingerprint density at radius 3 is 2.41 bits per heavy atom. The van der Waals surface area contributed by atoms with Gasteiger partial charge in [-0.15, -0.1) is 0 Å². The van der Waals surface area contributed by atoms with Crippen molar-refractivity contribution in [3.63, 3.8) is 0 Å². The zero-order valence-corrected chi connectivity index (χ0v) is 17.3. The first-order chi connectivity index (χ1) is 14.0. The molecule has 1 aliphatic rings. The van der Waals surface area contributed by atoms with Gasteiger partial charge >= 0.3 is 6.03 Å². The van der Waals surface area contributed by atoms with Gasteiger partial charge in [0.2, 0.25) is 0 Å². The van der Waals surface area contributed by atoms with E-state index in [9.17, 15) is 9.59 Å². The molecule has 1 heterocycles. The normalized spacial score (nSPS) is 18.7. The molecule has 154 valence electrons. The number of nitrogens with one attached hydrogen (secondary N) is 3. The quantitative estimate of drug-likeness (QED) is 0.671. The summed E-state index contributed by atoms with van der Waals surface area (Å²) in [6.07, 6.45) is 5.40. The summed E-state index contributed by atoms with van der Waals surface area (Å²) < 4.78 is 0. The zero-order valence-electron chi connectivity index (χ0n) is 16.6. The highest BCUT2D eigenvalue weighted by atomic mass is 35.5. The largest absolute Gasteiger partial charge is 0.352 e. The van der Waals surface area contributed by atoms with Crippen LogP contribution in [0, 0.1) is 12.8 Å². The number of nitrogens with zero attached hydrogens (tertiary/aromatic N) is 1. The van der Waals surface area contributed by atoms with E-state index in [1.165, 1.54) is 0 Å². The minimum Gasteiger partial charge on any atom is -0.352 e. The molecule has 0 spiro atoms. The summed E-state index contributed by atoms with van der Waals surface area (Å²) >= 11 is 5.87. The monoisotopic (exact) mass is 414 g/mol. The summed E-state index contributed by atoms with van der Waals surface area (Å²) in [5.74, 6) is 0.354. The summed E-state index contributed by atoms with van der Waals surface area (Å²) in [5, 5.41) is 9.61.